The number of aryl methyl sites for hydroxylation is 7. The largest absolute Gasteiger partial charge is 0.488 e. The molecule has 0 unspecified atom stereocenters. The van der Waals surface area contributed by atoms with Crippen LogP contribution in [0.15, 0.2) is 179 Å². The summed E-state index contributed by atoms with van der Waals surface area (Å²) in [5, 5.41) is 27.8. The lowest BCUT2D eigenvalue weighted by atomic mass is 9.64. The summed E-state index contributed by atoms with van der Waals surface area (Å²) in [5.74, 6) is -1.55. The zero-order chi connectivity index (χ0) is 78.5. The number of fused-ring (bicyclic) bond motifs is 4. The molecule has 4 aliphatic rings. The second-order valence-corrected chi connectivity index (χ2v) is 35.0. The minimum Gasteiger partial charge on any atom is -0.478 e. The second kappa shape index (κ2) is 33.1. The summed E-state index contributed by atoms with van der Waals surface area (Å²) < 4.78 is 12.0. The highest BCUT2D eigenvalue weighted by molar-refractivity contribution is 9.10. The van der Waals surface area contributed by atoms with E-state index >= 15 is 0 Å². The molecule has 554 valence electrons. The van der Waals surface area contributed by atoms with Crippen LogP contribution in [0, 0.1) is 48.5 Å². The second-order valence-electron chi connectivity index (χ2n) is 33.3. The Kier molecular flexibility index (Phi) is 26.6. The van der Waals surface area contributed by atoms with E-state index in [1.807, 2.05) is 63.2 Å². The molecule has 0 aliphatic heterocycles. The van der Waals surface area contributed by atoms with Crippen molar-refractivity contribution in [2.45, 2.75) is 216 Å². The van der Waals surface area contributed by atoms with Crippen LogP contribution in [0.3, 0.4) is 0 Å². The van der Waals surface area contributed by atoms with Crippen LogP contribution in [0.2, 0.25) is 0 Å². The van der Waals surface area contributed by atoms with Crippen LogP contribution < -0.4 is 5.46 Å². The summed E-state index contributed by atoms with van der Waals surface area (Å²) in [6.07, 6.45) is 27.7. The Morgan fingerprint density at radius 1 is 0.343 bits per heavy atom. The molecule has 8 nitrogen and oxygen atoms in total. The maximum atomic E-state index is 11.7. The number of carbonyl (C=O) groups excluding carboxylic acids is 2. The van der Waals surface area contributed by atoms with Gasteiger partial charge in [-0.3, -0.25) is 0 Å². The van der Waals surface area contributed by atoms with E-state index in [-0.39, 0.29) is 55.3 Å². The van der Waals surface area contributed by atoms with Gasteiger partial charge in [-0.1, -0.05) is 264 Å². The number of hydrogen-bond acceptors (Lipinski definition) is 7. The number of aliphatic carboxylic acids is 1. The van der Waals surface area contributed by atoms with E-state index in [2.05, 4.69) is 293 Å². The van der Waals surface area contributed by atoms with Gasteiger partial charge in [-0.25, -0.2) is 14.4 Å². The normalized spacial score (nSPS) is 17.0. The first-order valence-electron chi connectivity index (χ1n) is 36.6. The summed E-state index contributed by atoms with van der Waals surface area (Å²) in [7, 11) is -1.40. The lowest BCUT2D eigenvalue weighted by Crippen LogP contribution is -2.37. The third kappa shape index (κ3) is 20.4. The molecule has 0 fully saturated rings. The predicted molar refractivity (Wildman–Crippen MR) is 450 cm³/mol. The fraction of sp³-hybridized carbons (Fsp3) is 0.372. The van der Waals surface area contributed by atoms with Gasteiger partial charge in [-0.15, -0.1) is 0 Å². The van der Waals surface area contributed by atoms with Gasteiger partial charge in [0.25, 0.3) is 0 Å². The topological polar surface area (TPSA) is 130 Å². The van der Waals surface area contributed by atoms with Crippen molar-refractivity contribution >= 4 is 80.6 Å². The average molecular weight is 1540 g/mol. The van der Waals surface area contributed by atoms with Gasteiger partial charge in [0.15, 0.2) is 0 Å². The number of carbonyl (C=O) groups is 3. The average Bonchev–Trinajstić information content (AvgIpc) is 0.765. The van der Waals surface area contributed by atoms with Crippen LogP contribution in [0.4, 0.5) is 0 Å². The minimum atomic E-state index is -1.40. The molecule has 105 heavy (non-hydrogen) atoms. The van der Waals surface area contributed by atoms with Crippen molar-refractivity contribution in [1.82, 2.24) is 0 Å². The molecule has 11 rings (SSSR count). The van der Waals surface area contributed by atoms with Crippen molar-refractivity contribution in [3.63, 3.8) is 0 Å². The maximum Gasteiger partial charge on any atom is 0.488 e. The van der Waals surface area contributed by atoms with Crippen LogP contribution in [-0.2, 0) is 67.2 Å². The Hall–Kier alpha value is -7.93. The summed E-state index contributed by atoms with van der Waals surface area (Å²) in [4.78, 5) is 33.6. The van der Waals surface area contributed by atoms with Crippen molar-refractivity contribution in [1.29, 1.82) is 0 Å². The van der Waals surface area contributed by atoms with Gasteiger partial charge in [0.05, 0.1) is 13.2 Å². The first kappa shape index (κ1) is 84.3. The number of esters is 2. The van der Waals surface area contributed by atoms with Crippen LogP contribution >= 0.6 is 31.9 Å². The number of rotatable bonds is 11. The molecule has 0 spiro atoms. The summed E-state index contributed by atoms with van der Waals surface area (Å²) in [6, 6.07) is 36.4. The van der Waals surface area contributed by atoms with Crippen molar-refractivity contribution in [2.24, 2.45) is 0 Å². The van der Waals surface area contributed by atoms with E-state index < -0.39 is 13.1 Å². The van der Waals surface area contributed by atoms with Crippen molar-refractivity contribution in [3.8, 4) is 22.3 Å². The van der Waals surface area contributed by atoms with E-state index in [9.17, 15) is 24.4 Å². The molecule has 7 aromatic rings. The van der Waals surface area contributed by atoms with Gasteiger partial charge in [0.1, 0.15) is 0 Å². The third-order valence-corrected chi connectivity index (χ3v) is 22.8. The first-order valence-corrected chi connectivity index (χ1v) is 38.2. The highest BCUT2D eigenvalue weighted by Crippen LogP contribution is 2.48. The standard InChI is InChI=1S/C27H32O2.C25H28O2.C15H21BO2.C15H19Br.C12H13BrO2/c1-8-29-25(28)12-11-20-10-9-18(2)21(16-20)22-17-24-23(15-19(22)3)26(4,5)13-14-27(24,6)7;1-16-7-8-18(9-10-23(26)27)14-19(16)20-15-22-21(13-17(20)2)24(3,4)11-12-25(22,5)6;1-10-8-11-12(9-13(10)16(17)18)15(4,5)7-6-14(11,2)3;1-10-8-11-12(9-13(10)16)15(4,5)7-6-14(11,2)3;1-3-15-12(14)7-6-10-5-4-9(2)11(13)8-10/h9-17H,8H2,1-7H3;7-15H,1-6H3,(H,26,27);6-9,17-18H,1-5H3;6-9H,1-5H3;4-8H,3H2,1-2H3/b12-11+;10-9+;;;7-6+. The van der Waals surface area contributed by atoms with E-state index in [1.54, 1.807) is 19.1 Å². The molecule has 0 saturated carbocycles. The molecule has 11 heteroatoms. The number of benzene rings is 7. The molecular weight excluding hydrogens is 1430 g/mol. The van der Waals surface area contributed by atoms with Crippen LogP contribution in [0.1, 0.15) is 225 Å². The summed E-state index contributed by atoms with van der Waals surface area (Å²) in [6.45, 7) is 55.1. The molecule has 0 amide bonds. The lowest BCUT2D eigenvalue weighted by molar-refractivity contribution is -0.138. The molecule has 0 bridgehead atoms. The third-order valence-electron chi connectivity index (χ3n) is 21.0. The first-order chi connectivity index (χ1) is 48.6. The van der Waals surface area contributed by atoms with Gasteiger partial charge >= 0.3 is 25.0 Å². The summed E-state index contributed by atoms with van der Waals surface area (Å²) >= 11 is 7.07. The van der Waals surface area contributed by atoms with Crippen molar-refractivity contribution in [2.75, 3.05) is 13.2 Å². The van der Waals surface area contributed by atoms with Crippen LogP contribution in [0.5, 0.6) is 0 Å². The molecular formula is C94H113BBr2O8. The number of carboxylic acids is 1. The molecule has 4 aliphatic carbocycles. The highest BCUT2D eigenvalue weighted by atomic mass is 79.9. The minimum absolute atomic E-state index is 0.00261. The van der Waals surface area contributed by atoms with Crippen molar-refractivity contribution < 1.29 is 39.0 Å². The Balaban J connectivity index is 0.000000188. The molecule has 7 aromatic carbocycles. The van der Waals surface area contributed by atoms with Gasteiger partial charge in [0.2, 0.25) is 0 Å². The number of ether oxygens (including phenoxy) is 2. The van der Waals surface area contributed by atoms with Gasteiger partial charge in [-0.2, -0.15) is 0 Å². The molecule has 0 aromatic heterocycles. The molecule has 0 atom stereocenters. The SMILES string of the molecule is CCOC(=O)/C=C/c1ccc(C)c(-c2cc3c(cc2C)C(C)(C)C=CC3(C)C)c1.CCOC(=O)/C=C/c1ccc(C)c(Br)c1.Cc1cc2c(cc1B(O)O)C(C)(C)C=CC2(C)C.Cc1cc2c(cc1Br)C(C)(C)C=CC2(C)C.Cc1ccc(/C=C/C(=O)O)cc1-c1cc2c(cc1C)C(C)(C)C=CC2(C)C. The molecule has 0 heterocycles. The van der Waals surface area contributed by atoms with Gasteiger partial charge < -0.3 is 24.6 Å². The Morgan fingerprint density at radius 3 is 0.933 bits per heavy atom. The Morgan fingerprint density at radius 2 is 0.610 bits per heavy atom. The van der Waals surface area contributed by atoms with E-state index in [4.69, 9.17) is 14.6 Å². The number of hydrogen-bond donors (Lipinski definition) is 3. The van der Waals surface area contributed by atoms with Gasteiger partial charge in [0, 0.05) is 70.5 Å². The number of allylic oxidation sites excluding steroid dienone is 8. The van der Waals surface area contributed by atoms with E-state index in [0.717, 1.165) is 32.3 Å². The fourth-order valence-corrected chi connectivity index (χ4v) is 14.7. The quantitative estimate of drug-likeness (QED) is 0.0505. The molecule has 3 N–H and O–H groups in total. The fourth-order valence-electron chi connectivity index (χ4n) is 14.0. The highest BCUT2D eigenvalue weighted by Gasteiger charge is 2.38. The Labute approximate surface area is 646 Å². The molecule has 0 saturated heterocycles. The molecule has 0 radical (unpaired) electrons. The zero-order valence-corrected chi connectivity index (χ0v) is 70.2. The van der Waals surface area contributed by atoms with Crippen LogP contribution in [-0.4, -0.2) is 53.4 Å². The predicted octanol–water partition coefficient (Wildman–Crippen LogP) is 22.9. The van der Waals surface area contributed by atoms with Gasteiger partial charge in [-0.05, 0) is 239 Å². The monoisotopic (exact) mass is 1540 g/mol. The maximum absolute atomic E-state index is 11.7. The van der Waals surface area contributed by atoms with Crippen molar-refractivity contribution in [3.05, 3.63) is 279 Å². The zero-order valence-electron chi connectivity index (χ0n) is 67.0. The number of halogens is 2. The Bertz CT molecular complexity index is 4620. The summed E-state index contributed by atoms with van der Waals surface area (Å²) in [5.41, 5.74) is 27.8. The van der Waals surface area contributed by atoms with Crippen LogP contribution in [0.25, 0.3) is 40.5 Å². The lowest BCUT2D eigenvalue weighted by Gasteiger charge is -2.37. The number of carboxylic acid groups (broad SMARTS) is 1. The van der Waals surface area contributed by atoms with E-state index in [1.165, 1.54) is 117 Å². The smallest absolute Gasteiger partial charge is 0.478 e. The van der Waals surface area contributed by atoms with E-state index in [0.29, 0.717) is 18.7 Å².